The van der Waals surface area contributed by atoms with E-state index in [1.807, 2.05) is 0 Å². The third-order valence-corrected chi connectivity index (χ3v) is 8.26. The SMILES string of the molecule is COc1ccc(NC(=O)C(C)n2c(CN3CCCC3)nc3sc4c(c3c2=O)CCCC4)cc1OC. The van der Waals surface area contributed by atoms with E-state index in [9.17, 15) is 9.59 Å². The monoisotopic (exact) mass is 496 g/mol. The van der Waals surface area contributed by atoms with Crippen molar-refractivity contribution in [2.24, 2.45) is 0 Å². The molecule has 1 N–H and O–H groups in total. The Morgan fingerprint density at radius 3 is 2.60 bits per heavy atom. The molecular weight excluding hydrogens is 464 g/mol. The molecule has 9 heteroatoms. The number of hydrogen-bond acceptors (Lipinski definition) is 7. The van der Waals surface area contributed by atoms with Crippen molar-refractivity contribution in [3.05, 3.63) is 44.8 Å². The average Bonchev–Trinajstić information content (AvgIpc) is 3.51. The summed E-state index contributed by atoms with van der Waals surface area (Å²) in [5.74, 6) is 1.50. The van der Waals surface area contributed by atoms with Crippen LogP contribution < -0.4 is 20.3 Å². The lowest BCUT2D eigenvalue weighted by atomic mass is 9.97. The molecule has 1 fully saturated rings. The van der Waals surface area contributed by atoms with Crippen LogP contribution in [-0.2, 0) is 24.2 Å². The van der Waals surface area contributed by atoms with E-state index in [1.54, 1.807) is 55.2 Å². The molecule has 1 unspecified atom stereocenters. The maximum Gasteiger partial charge on any atom is 0.263 e. The van der Waals surface area contributed by atoms with Gasteiger partial charge in [-0.3, -0.25) is 19.1 Å². The van der Waals surface area contributed by atoms with Crippen molar-refractivity contribution in [3.63, 3.8) is 0 Å². The second kappa shape index (κ2) is 9.99. The Bertz CT molecular complexity index is 1310. The van der Waals surface area contributed by atoms with Crippen LogP contribution in [0.25, 0.3) is 10.2 Å². The Hall–Kier alpha value is -2.91. The third kappa shape index (κ3) is 4.54. The number of carbonyl (C=O) groups excluding carboxylic acids is 1. The van der Waals surface area contributed by atoms with E-state index in [-0.39, 0.29) is 11.5 Å². The van der Waals surface area contributed by atoms with Crippen LogP contribution in [-0.4, -0.2) is 47.7 Å². The van der Waals surface area contributed by atoms with Gasteiger partial charge in [-0.1, -0.05) is 0 Å². The van der Waals surface area contributed by atoms with E-state index >= 15 is 0 Å². The number of carbonyl (C=O) groups is 1. The molecule has 0 radical (unpaired) electrons. The summed E-state index contributed by atoms with van der Waals surface area (Å²) in [6.07, 6.45) is 6.45. The van der Waals surface area contributed by atoms with Gasteiger partial charge in [0.2, 0.25) is 5.91 Å². The molecule has 0 spiro atoms. The first-order chi connectivity index (χ1) is 17.0. The zero-order valence-corrected chi connectivity index (χ0v) is 21.4. The van der Waals surface area contributed by atoms with Gasteiger partial charge in [-0.25, -0.2) is 4.98 Å². The van der Waals surface area contributed by atoms with E-state index in [0.717, 1.165) is 62.0 Å². The van der Waals surface area contributed by atoms with Gasteiger partial charge < -0.3 is 14.8 Å². The quantitative estimate of drug-likeness (QED) is 0.529. The normalized spacial score (nSPS) is 16.8. The van der Waals surface area contributed by atoms with Crippen LogP contribution in [0.15, 0.2) is 23.0 Å². The summed E-state index contributed by atoms with van der Waals surface area (Å²) in [4.78, 5) is 36.7. The smallest absolute Gasteiger partial charge is 0.263 e. The first-order valence-corrected chi connectivity index (χ1v) is 13.1. The van der Waals surface area contributed by atoms with E-state index in [1.165, 1.54) is 4.88 Å². The lowest BCUT2D eigenvalue weighted by molar-refractivity contribution is -0.119. The molecule has 1 aliphatic carbocycles. The number of hydrogen-bond donors (Lipinski definition) is 1. The Labute approximate surface area is 208 Å². The molecule has 1 aromatic carbocycles. The number of aromatic nitrogens is 2. The Morgan fingerprint density at radius 2 is 1.86 bits per heavy atom. The van der Waals surface area contributed by atoms with Gasteiger partial charge in [0, 0.05) is 16.6 Å². The van der Waals surface area contributed by atoms with Gasteiger partial charge in [-0.2, -0.15) is 0 Å². The summed E-state index contributed by atoms with van der Waals surface area (Å²) in [5, 5.41) is 3.65. The van der Waals surface area contributed by atoms with Gasteiger partial charge >= 0.3 is 0 Å². The average molecular weight is 497 g/mol. The highest BCUT2D eigenvalue weighted by Crippen LogP contribution is 2.35. The Balaban J connectivity index is 1.53. The highest BCUT2D eigenvalue weighted by Gasteiger charge is 2.27. The molecule has 8 nitrogen and oxygen atoms in total. The maximum absolute atomic E-state index is 13.9. The summed E-state index contributed by atoms with van der Waals surface area (Å²) >= 11 is 1.66. The lowest BCUT2D eigenvalue weighted by Gasteiger charge is -2.22. The molecule has 2 aliphatic rings. The minimum atomic E-state index is -0.718. The van der Waals surface area contributed by atoms with E-state index < -0.39 is 6.04 Å². The van der Waals surface area contributed by atoms with Crippen LogP contribution in [0, 0.1) is 0 Å². The number of fused-ring (bicyclic) bond motifs is 3. The molecule has 1 saturated heterocycles. The second-order valence-corrected chi connectivity index (χ2v) is 10.4. The highest BCUT2D eigenvalue weighted by atomic mass is 32.1. The van der Waals surface area contributed by atoms with Crippen molar-refractivity contribution >= 4 is 33.1 Å². The van der Waals surface area contributed by atoms with Gasteiger partial charge in [-0.05, 0) is 76.2 Å². The summed E-state index contributed by atoms with van der Waals surface area (Å²) in [6.45, 7) is 4.32. The number of methoxy groups -OCH3 is 2. The number of ether oxygens (including phenoxy) is 2. The number of amides is 1. The number of anilines is 1. The number of nitrogens with zero attached hydrogens (tertiary/aromatic N) is 3. The molecule has 0 saturated carbocycles. The van der Waals surface area contributed by atoms with Crippen molar-refractivity contribution in [3.8, 4) is 11.5 Å². The van der Waals surface area contributed by atoms with Crippen LogP contribution in [0.2, 0.25) is 0 Å². The molecule has 1 atom stereocenters. The number of aryl methyl sites for hydroxylation is 2. The first-order valence-electron chi connectivity index (χ1n) is 12.3. The number of thiophene rings is 1. The standard InChI is InChI=1S/C26H32N4O4S/c1-16(24(31)27-17-10-11-19(33-2)20(14-17)34-3)30-22(15-29-12-6-7-13-29)28-25-23(26(30)32)18-8-4-5-9-21(18)35-25/h10-11,14,16H,4-9,12-13,15H2,1-3H3,(H,27,31). The van der Waals surface area contributed by atoms with Crippen LogP contribution in [0.5, 0.6) is 11.5 Å². The fourth-order valence-corrected chi connectivity index (χ4v) is 6.46. The van der Waals surface area contributed by atoms with Crippen LogP contribution in [0.3, 0.4) is 0 Å². The van der Waals surface area contributed by atoms with Gasteiger partial charge in [-0.15, -0.1) is 11.3 Å². The van der Waals surface area contributed by atoms with Gasteiger partial charge in [0.1, 0.15) is 16.7 Å². The third-order valence-electron chi connectivity index (χ3n) is 7.08. The molecule has 35 heavy (non-hydrogen) atoms. The Kier molecular flexibility index (Phi) is 6.80. The molecule has 1 amide bonds. The number of likely N-dealkylation sites (tertiary alicyclic amines) is 1. The lowest BCUT2D eigenvalue weighted by Crippen LogP contribution is -2.36. The molecule has 3 aromatic rings. The van der Waals surface area contributed by atoms with Crippen LogP contribution >= 0.6 is 11.3 Å². The minimum Gasteiger partial charge on any atom is -0.493 e. The van der Waals surface area contributed by atoms with Crippen molar-refractivity contribution in [2.75, 3.05) is 32.6 Å². The van der Waals surface area contributed by atoms with Gasteiger partial charge in [0.05, 0.1) is 26.2 Å². The van der Waals surface area contributed by atoms with Crippen molar-refractivity contribution in [1.29, 1.82) is 0 Å². The second-order valence-electron chi connectivity index (χ2n) is 9.31. The highest BCUT2D eigenvalue weighted by molar-refractivity contribution is 7.18. The van der Waals surface area contributed by atoms with Gasteiger partial charge in [0.15, 0.2) is 11.5 Å². The van der Waals surface area contributed by atoms with Crippen LogP contribution in [0.1, 0.15) is 54.9 Å². The molecule has 3 heterocycles. The number of nitrogens with one attached hydrogen (secondary N) is 1. The molecule has 186 valence electrons. The molecule has 1 aliphatic heterocycles. The first kappa shape index (κ1) is 23.8. The maximum atomic E-state index is 13.9. The topological polar surface area (TPSA) is 85.7 Å². The largest absolute Gasteiger partial charge is 0.493 e. The van der Waals surface area contributed by atoms with Crippen molar-refractivity contribution < 1.29 is 14.3 Å². The van der Waals surface area contributed by atoms with Crippen LogP contribution in [0.4, 0.5) is 5.69 Å². The molecule has 2 aromatic heterocycles. The number of rotatable bonds is 7. The predicted molar refractivity (Wildman–Crippen MR) is 138 cm³/mol. The summed E-state index contributed by atoms with van der Waals surface area (Å²) in [7, 11) is 3.12. The van der Waals surface area contributed by atoms with Crippen molar-refractivity contribution in [1.82, 2.24) is 14.5 Å². The number of benzene rings is 1. The zero-order chi connectivity index (χ0) is 24.5. The van der Waals surface area contributed by atoms with Gasteiger partial charge in [0.25, 0.3) is 5.56 Å². The van der Waals surface area contributed by atoms with Crippen molar-refractivity contribution in [2.45, 2.75) is 58.0 Å². The molecular formula is C26H32N4O4S. The van der Waals surface area contributed by atoms with E-state index in [0.29, 0.717) is 34.9 Å². The predicted octanol–water partition coefficient (Wildman–Crippen LogP) is 4.15. The molecule has 0 bridgehead atoms. The Morgan fingerprint density at radius 1 is 1.11 bits per heavy atom. The fraction of sp³-hybridized carbons (Fsp3) is 0.500. The summed E-state index contributed by atoms with van der Waals surface area (Å²) < 4.78 is 12.3. The zero-order valence-electron chi connectivity index (χ0n) is 20.6. The summed E-state index contributed by atoms with van der Waals surface area (Å²) in [6, 6.07) is 4.50. The minimum absolute atomic E-state index is 0.0986. The summed E-state index contributed by atoms with van der Waals surface area (Å²) in [5.41, 5.74) is 1.62. The van der Waals surface area contributed by atoms with E-state index in [2.05, 4.69) is 10.2 Å². The fourth-order valence-electron chi connectivity index (χ4n) is 5.19. The van der Waals surface area contributed by atoms with E-state index in [4.69, 9.17) is 14.5 Å². The molecule has 5 rings (SSSR count).